The smallest absolute Gasteiger partial charge is 0.137 e. The summed E-state index contributed by atoms with van der Waals surface area (Å²) in [7, 11) is 0. The second-order valence-corrected chi connectivity index (χ2v) is 2.57. The Hall–Kier alpha value is -1.31. The molecule has 0 aliphatic heterocycles. The van der Waals surface area contributed by atoms with Crippen LogP contribution in [0.4, 0.5) is 0 Å². The molecule has 0 fully saturated rings. The van der Waals surface area contributed by atoms with Crippen molar-refractivity contribution in [2.24, 2.45) is 0 Å². The van der Waals surface area contributed by atoms with Gasteiger partial charge in [0, 0.05) is 17.8 Å². The molecule has 2 nitrogen and oxygen atoms in total. The summed E-state index contributed by atoms with van der Waals surface area (Å²) in [5, 5.41) is 1.25. The van der Waals surface area contributed by atoms with Gasteiger partial charge < -0.3 is 4.98 Å². The van der Waals surface area contributed by atoms with Crippen molar-refractivity contribution < 1.29 is 0 Å². The number of nitrogens with zero attached hydrogens (tertiary/aromatic N) is 1. The fourth-order valence-corrected chi connectivity index (χ4v) is 1.31. The van der Waals surface area contributed by atoms with Gasteiger partial charge in [0.2, 0.25) is 0 Å². The van der Waals surface area contributed by atoms with Crippen LogP contribution in [0.5, 0.6) is 0 Å². The predicted molar refractivity (Wildman–Crippen MR) is 56.8 cm³/mol. The van der Waals surface area contributed by atoms with Crippen LogP contribution >= 0.6 is 0 Å². The van der Waals surface area contributed by atoms with Crippen LogP contribution in [0.3, 0.4) is 0 Å². The normalized spacial score (nSPS) is 9.46. The van der Waals surface area contributed by atoms with Crippen molar-refractivity contribution in [1.82, 2.24) is 9.97 Å². The molecular formula is C11H16N2. The Labute approximate surface area is 79.0 Å². The summed E-state index contributed by atoms with van der Waals surface area (Å²) in [6.07, 6.45) is 4.89. The molecule has 2 aromatic rings. The van der Waals surface area contributed by atoms with Crippen molar-refractivity contribution in [2.75, 3.05) is 0 Å². The first-order valence-corrected chi connectivity index (χ1v) is 4.83. The number of hydrogen-bond acceptors (Lipinski definition) is 1. The van der Waals surface area contributed by atoms with Crippen molar-refractivity contribution >= 4 is 11.0 Å². The molecule has 0 atom stereocenters. The lowest BCUT2D eigenvalue weighted by molar-refractivity contribution is 1.15. The first kappa shape index (κ1) is 9.78. The average molecular weight is 176 g/mol. The molecule has 0 bridgehead atoms. The Balaban J connectivity index is 0.000000396. The summed E-state index contributed by atoms with van der Waals surface area (Å²) in [6.45, 7) is 6.15. The van der Waals surface area contributed by atoms with E-state index in [1.165, 1.54) is 10.9 Å². The minimum atomic E-state index is 0.990. The molecule has 0 radical (unpaired) electrons. The van der Waals surface area contributed by atoms with Gasteiger partial charge in [0.05, 0.1) is 0 Å². The molecule has 0 unspecified atom stereocenters. The van der Waals surface area contributed by atoms with Crippen LogP contribution in [-0.4, -0.2) is 9.97 Å². The van der Waals surface area contributed by atoms with E-state index in [0.29, 0.717) is 0 Å². The van der Waals surface area contributed by atoms with E-state index in [1.807, 2.05) is 26.1 Å². The molecule has 0 aliphatic rings. The zero-order valence-corrected chi connectivity index (χ0v) is 8.46. The van der Waals surface area contributed by atoms with E-state index in [0.717, 1.165) is 12.1 Å². The van der Waals surface area contributed by atoms with E-state index < -0.39 is 0 Å². The Kier molecular flexibility index (Phi) is 3.50. The number of aryl methyl sites for hydroxylation is 1. The maximum atomic E-state index is 4.19. The zero-order chi connectivity index (χ0) is 9.68. The van der Waals surface area contributed by atoms with Crippen molar-refractivity contribution in [3.05, 3.63) is 30.1 Å². The summed E-state index contributed by atoms with van der Waals surface area (Å²) in [6, 6.07) is 4.06. The molecule has 2 heteroatoms. The van der Waals surface area contributed by atoms with Crippen LogP contribution in [0, 0.1) is 0 Å². The fourth-order valence-electron chi connectivity index (χ4n) is 1.31. The summed E-state index contributed by atoms with van der Waals surface area (Å²) in [5.74, 6) is 0. The molecule has 0 saturated heterocycles. The maximum Gasteiger partial charge on any atom is 0.137 e. The summed E-state index contributed by atoms with van der Waals surface area (Å²) in [5.41, 5.74) is 2.33. The van der Waals surface area contributed by atoms with Crippen LogP contribution in [0.2, 0.25) is 0 Å². The topological polar surface area (TPSA) is 28.7 Å². The van der Waals surface area contributed by atoms with Crippen molar-refractivity contribution in [3.8, 4) is 0 Å². The Morgan fingerprint density at radius 2 is 2.15 bits per heavy atom. The second kappa shape index (κ2) is 4.65. The monoisotopic (exact) mass is 176 g/mol. The Morgan fingerprint density at radius 3 is 2.85 bits per heavy atom. The van der Waals surface area contributed by atoms with Gasteiger partial charge in [-0.15, -0.1) is 0 Å². The zero-order valence-electron chi connectivity index (χ0n) is 8.46. The molecular weight excluding hydrogens is 160 g/mol. The second-order valence-electron chi connectivity index (χ2n) is 2.57. The molecule has 0 aromatic carbocycles. The van der Waals surface area contributed by atoms with Crippen LogP contribution < -0.4 is 0 Å². The van der Waals surface area contributed by atoms with E-state index in [9.17, 15) is 0 Å². The van der Waals surface area contributed by atoms with Crippen LogP contribution in [0.25, 0.3) is 11.0 Å². The molecule has 0 aliphatic carbocycles. The number of H-pyrrole nitrogens is 1. The Bertz CT molecular complexity index is 363. The van der Waals surface area contributed by atoms with Gasteiger partial charge in [-0.3, -0.25) is 0 Å². The van der Waals surface area contributed by atoms with Crippen molar-refractivity contribution in [1.29, 1.82) is 0 Å². The van der Waals surface area contributed by atoms with Gasteiger partial charge in [-0.05, 0) is 24.1 Å². The minimum Gasteiger partial charge on any atom is -0.346 e. The first-order chi connectivity index (χ1) is 6.42. The number of aromatic amines is 1. The number of rotatable bonds is 1. The highest BCUT2D eigenvalue weighted by Gasteiger charge is 1.99. The van der Waals surface area contributed by atoms with Crippen LogP contribution in [0.1, 0.15) is 26.3 Å². The third-order valence-electron chi connectivity index (χ3n) is 1.92. The SMILES string of the molecule is CC.CCc1c[nH]c2ncccc12. The number of fused-ring (bicyclic) bond motifs is 1. The number of pyridine rings is 1. The Morgan fingerprint density at radius 1 is 1.38 bits per heavy atom. The molecule has 0 saturated carbocycles. The number of nitrogens with one attached hydrogen (secondary N) is 1. The quantitative estimate of drug-likeness (QED) is 0.710. The lowest BCUT2D eigenvalue weighted by Gasteiger charge is -1.89. The first-order valence-electron chi connectivity index (χ1n) is 4.83. The third-order valence-corrected chi connectivity index (χ3v) is 1.92. The molecule has 0 amide bonds. The number of aromatic nitrogens is 2. The van der Waals surface area contributed by atoms with E-state index in [-0.39, 0.29) is 0 Å². The standard InChI is InChI=1S/C9H10N2.C2H6/c1-2-7-6-11-9-8(7)4-3-5-10-9;1-2/h3-6H,2H2,1H3,(H,10,11);1-2H3. The number of hydrogen-bond donors (Lipinski definition) is 1. The average Bonchev–Trinajstić information content (AvgIpc) is 2.64. The van der Waals surface area contributed by atoms with Gasteiger partial charge in [0.1, 0.15) is 5.65 Å². The van der Waals surface area contributed by atoms with Gasteiger partial charge in [-0.2, -0.15) is 0 Å². The van der Waals surface area contributed by atoms with E-state index >= 15 is 0 Å². The lowest BCUT2D eigenvalue weighted by Crippen LogP contribution is -1.75. The summed E-state index contributed by atoms with van der Waals surface area (Å²) in [4.78, 5) is 7.32. The summed E-state index contributed by atoms with van der Waals surface area (Å²) < 4.78 is 0. The molecule has 2 rings (SSSR count). The molecule has 0 spiro atoms. The van der Waals surface area contributed by atoms with Crippen molar-refractivity contribution in [3.63, 3.8) is 0 Å². The van der Waals surface area contributed by atoms with Gasteiger partial charge in [-0.25, -0.2) is 4.98 Å². The van der Waals surface area contributed by atoms with Crippen LogP contribution in [0.15, 0.2) is 24.5 Å². The predicted octanol–water partition coefficient (Wildman–Crippen LogP) is 3.15. The van der Waals surface area contributed by atoms with Gasteiger partial charge >= 0.3 is 0 Å². The molecule has 2 heterocycles. The fraction of sp³-hybridized carbons (Fsp3) is 0.364. The van der Waals surface area contributed by atoms with Crippen LogP contribution in [-0.2, 0) is 6.42 Å². The van der Waals surface area contributed by atoms with E-state index in [4.69, 9.17) is 0 Å². The van der Waals surface area contributed by atoms with E-state index in [1.54, 1.807) is 6.20 Å². The van der Waals surface area contributed by atoms with E-state index in [2.05, 4.69) is 23.0 Å². The maximum absolute atomic E-state index is 4.19. The molecule has 2 aromatic heterocycles. The van der Waals surface area contributed by atoms with Crippen molar-refractivity contribution in [2.45, 2.75) is 27.2 Å². The lowest BCUT2D eigenvalue weighted by atomic mass is 10.2. The van der Waals surface area contributed by atoms with Gasteiger partial charge in [-0.1, -0.05) is 20.8 Å². The molecule has 1 N–H and O–H groups in total. The molecule has 70 valence electrons. The largest absolute Gasteiger partial charge is 0.346 e. The third kappa shape index (κ3) is 1.89. The highest BCUT2D eigenvalue weighted by atomic mass is 14.8. The molecule has 13 heavy (non-hydrogen) atoms. The highest BCUT2D eigenvalue weighted by molar-refractivity contribution is 5.79. The van der Waals surface area contributed by atoms with Gasteiger partial charge in [0.15, 0.2) is 0 Å². The summed E-state index contributed by atoms with van der Waals surface area (Å²) >= 11 is 0. The highest BCUT2D eigenvalue weighted by Crippen LogP contribution is 2.15. The minimum absolute atomic E-state index is 0.990. The van der Waals surface area contributed by atoms with Gasteiger partial charge in [0.25, 0.3) is 0 Å².